The standard InChI is InChI=1S/C7H6BrClFNO/c8-5-1-4(3-12-11)2-6(9)7(5)10/h1-2H,3,11H2. The molecule has 1 aromatic carbocycles. The minimum absolute atomic E-state index is 0.0522. The molecule has 0 aliphatic carbocycles. The maximum Gasteiger partial charge on any atom is 0.155 e. The fourth-order valence-electron chi connectivity index (χ4n) is 0.788. The summed E-state index contributed by atoms with van der Waals surface area (Å²) in [6.45, 7) is 0.207. The Bertz CT molecular complexity index is 272. The van der Waals surface area contributed by atoms with Crippen LogP contribution in [0.3, 0.4) is 0 Å². The SMILES string of the molecule is NOCc1cc(Cl)c(F)c(Br)c1. The molecule has 0 aliphatic rings. The topological polar surface area (TPSA) is 35.2 Å². The van der Waals surface area contributed by atoms with Gasteiger partial charge in [-0.25, -0.2) is 10.3 Å². The summed E-state index contributed by atoms with van der Waals surface area (Å²) in [6, 6.07) is 3.03. The van der Waals surface area contributed by atoms with E-state index in [1.807, 2.05) is 0 Å². The molecule has 0 spiro atoms. The van der Waals surface area contributed by atoms with E-state index in [2.05, 4.69) is 20.8 Å². The van der Waals surface area contributed by atoms with Gasteiger partial charge in [0.25, 0.3) is 0 Å². The molecule has 0 saturated carbocycles. The molecule has 0 aliphatic heterocycles. The minimum atomic E-state index is -0.475. The first-order valence-corrected chi connectivity index (χ1v) is 4.27. The Kier molecular flexibility index (Phi) is 3.46. The van der Waals surface area contributed by atoms with Crippen molar-refractivity contribution in [3.63, 3.8) is 0 Å². The van der Waals surface area contributed by atoms with Crippen LogP contribution in [0, 0.1) is 5.82 Å². The Morgan fingerprint density at radius 2 is 2.25 bits per heavy atom. The fraction of sp³-hybridized carbons (Fsp3) is 0.143. The predicted octanol–water partition coefficient (Wildman–Crippen LogP) is 2.63. The van der Waals surface area contributed by atoms with Crippen molar-refractivity contribution in [2.45, 2.75) is 6.61 Å². The van der Waals surface area contributed by atoms with Gasteiger partial charge in [0.2, 0.25) is 0 Å². The highest BCUT2D eigenvalue weighted by Gasteiger charge is 2.06. The van der Waals surface area contributed by atoms with E-state index in [1.165, 1.54) is 6.07 Å². The minimum Gasteiger partial charge on any atom is -0.300 e. The van der Waals surface area contributed by atoms with Crippen LogP contribution in [0.5, 0.6) is 0 Å². The molecule has 0 unspecified atom stereocenters. The second-order valence-electron chi connectivity index (χ2n) is 2.18. The fourth-order valence-corrected chi connectivity index (χ4v) is 1.65. The first kappa shape index (κ1) is 9.92. The van der Waals surface area contributed by atoms with E-state index in [4.69, 9.17) is 17.5 Å². The molecule has 2 N–H and O–H groups in total. The van der Waals surface area contributed by atoms with Crippen molar-refractivity contribution in [2.24, 2.45) is 5.90 Å². The maximum atomic E-state index is 12.9. The van der Waals surface area contributed by atoms with Gasteiger partial charge < -0.3 is 0 Å². The van der Waals surface area contributed by atoms with Crippen molar-refractivity contribution in [3.8, 4) is 0 Å². The van der Waals surface area contributed by atoms with Crippen molar-refractivity contribution in [2.75, 3.05) is 0 Å². The third kappa shape index (κ3) is 2.17. The van der Waals surface area contributed by atoms with Gasteiger partial charge in [0.1, 0.15) is 0 Å². The number of rotatable bonds is 2. The molecule has 0 heterocycles. The van der Waals surface area contributed by atoms with Gasteiger partial charge in [-0.3, -0.25) is 4.84 Å². The monoisotopic (exact) mass is 253 g/mol. The molecular weight excluding hydrogens is 248 g/mol. The van der Waals surface area contributed by atoms with E-state index in [0.717, 1.165) is 5.56 Å². The van der Waals surface area contributed by atoms with Crippen molar-refractivity contribution in [1.82, 2.24) is 0 Å². The number of hydrogen-bond acceptors (Lipinski definition) is 2. The van der Waals surface area contributed by atoms with E-state index < -0.39 is 5.82 Å². The van der Waals surface area contributed by atoms with E-state index >= 15 is 0 Å². The van der Waals surface area contributed by atoms with E-state index in [-0.39, 0.29) is 11.6 Å². The van der Waals surface area contributed by atoms with Gasteiger partial charge in [-0.05, 0) is 33.6 Å². The number of benzene rings is 1. The van der Waals surface area contributed by atoms with Gasteiger partial charge in [-0.2, -0.15) is 0 Å². The second-order valence-corrected chi connectivity index (χ2v) is 3.45. The van der Waals surface area contributed by atoms with E-state index in [1.54, 1.807) is 6.07 Å². The molecule has 0 aromatic heterocycles. The second kappa shape index (κ2) is 4.18. The average Bonchev–Trinajstić information content (AvgIpc) is 2.01. The Labute approximate surface area is 82.5 Å². The van der Waals surface area contributed by atoms with Crippen LogP contribution in [0.1, 0.15) is 5.56 Å². The van der Waals surface area contributed by atoms with Gasteiger partial charge in [0, 0.05) is 0 Å². The molecule has 0 radical (unpaired) electrons. The summed E-state index contributed by atoms with van der Waals surface area (Å²) >= 11 is 8.56. The summed E-state index contributed by atoms with van der Waals surface area (Å²) in [5, 5.41) is 0.0522. The molecule has 66 valence electrons. The van der Waals surface area contributed by atoms with Gasteiger partial charge >= 0.3 is 0 Å². The Hall–Kier alpha value is -0.160. The summed E-state index contributed by atoms with van der Waals surface area (Å²) in [6.07, 6.45) is 0. The van der Waals surface area contributed by atoms with Gasteiger partial charge in [-0.15, -0.1) is 0 Å². The molecule has 1 rings (SSSR count). The van der Waals surface area contributed by atoms with Crippen LogP contribution < -0.4 is 5.90 Å². The van der Waals surface area contributed by atoms with Crippen molar-refractivity contribution >= 4 is 27.5 Å². The van der Waals surface area contributed by atoms with Gasteiger partial charge in [0.05, 0.1) is 16.1 Å². The molecular formula is C7H6BrClFNO. The first-order valence-electron chi connectivity index (χ1n) is 3.10. The van der Waals surface area contributed by atoms with Crippen LogP contribution in [-0.2, 0) is 11.4 Å². The molecule has 2 nitrogen and oxygen atoms in total. The maximum absolute atomic E-state index is 12.9. The number of hydrogen-bond donors (Lipinski definition) is 1. The summed E-state index contributed by atoms with van der Waals surface area (Å²) in [4.78, 5) is 4.38. The number of halogens is 3. The first-order chi connectivity index (χ1) is 5.65. The van der Waals surface area contributed by atoms with Crippen LogP contribution in [0.4, 0.5) is 4.39 Å². The zero-order valence-corrected chi connectivity index (χ0v) is 8.32. The summed E-state index contributed by atoms with van der Waals surface area (Å²) in [5.41, 5.74) is 0.718. The van der Waals surface area contributed by atoms with Crippen molar-refractivity contribution < 1.29 is 9.23 Å². The molecule has 5 heteroatoms. The zero-order valence-electron chi connectivity index (χ0n) is 5.98. The Morgan fingerprint density at radius 1 is 1.58 bits per heavy atom. The van der Waals surface area contributed by atoms with Crippen LogP contribution in [0.25, 0.3) is 0 Å². The molecule has 12 heavy (non-hydrogen) atoms. The van der Waals surface area contributed by atoms with Crippen LogP contribution in [0.2, 0.25) is 5.02 Å². The molecule has 0 amide bonds. The Morgan fingerprint density at radius 3 is 2.75 bits per heavy atom. The number of nitrogens with two attached hydrogens (primary N) is 1. The zero-order chi connectivity index (χ0) is 9.14. The third-order valence-electron chi connectivity index (χ3n) is 1.29. The summed E-state index contributed by atoms with van der Waals surface area (Å²) in [5.74, 6) is 4.37. The third-order valence-corrected chi connectivity index (χ3v) is 2.15. The largest absolute Gasteiger partial charge is 0.300 e. The van der Waals surface area contributed by atoms with Crippen LogP contribution in [-0.4, -0.2) is 0 Å². The quantitative estimate of drug-likeness (QED) is 0.650. The molecule has 1 aromatic rings. The lowest BCUT2D eigenvalue weighted by Gasteiger charge is -2.02. The lowest BCUT2D eigenvalue weighted by Crippen LogP contribution is -1.99. The molecule has 0 saturated heterocycles. The van der Waals surface area contributed by atoms with E-state index in [0.29, 0.717) is 4.47 Å². The highest BCUT2D eigenvalue weighted by Crippen LogP contribution is 2.25. The highest BCUT2D eigenvalue weighted by atomic mass is 79.9. The van der Waals surface area contributed by atoms with Gasteiger partial charge in [-0.1, -0.05) is 11.6 Å². The average molecular weight is 254 g/mol. The van der Waals surface area contributed by atoms with Crippen LogP contribution >= 0.6 is 27.5 Å². The van der Waals surface area contributed by atoms with Crippen molar-refractivity contribution in [3.05, 3.63) is 33.0 Å². The summed E-state index contributed by atoms with van der Waals surface area (Å²) < 4.78 is 13.2. The molecule has 0 atom stereocenters. The lowest BCUT2D eigenvalue weighted by molar-refractivity contribution is 0.124. The Balaban J connectivity index is 3.04. The molecule has 0 bridgehead atoms. The predicted molar refractivity (Wildman–Crippen MR) is 48.1 cm³/mol. The van der Waals surface area contributed by atoms with Crippen LogP contribution in [0.15, 0.2) is 16.6 Å². The summed E-state index contributed by atoms with van der Waals surface area (Å²) in [7, 11) is 0. The van der Waals surface area contributed by atoms with E-state index in [9.17, 15) is 4.39 Å². The highest BCUT2D eigenvalue weighted by molar-refractivity contribution is 9.10. The van der Waals surface area contributed by atoms with Gasteiger partial charge in [0.15, 0.2) is 5.82 Å². The smallest absolute Gasteiger partial charge is 0.155 e. The normalized spacial score (nSPS) is 10.3. The lowest BCUT2D eigenvalue weighted by atomic mass is 10.2. The molecule has 0 fully saturated rings. The van der Waals surface area contributed by atoms with Crippen molar-refractivity contribution in [1.29, 1.82) is 0 Å².